The van der Waals surface area contributed by atoms with E-state index in [0.29, 0.717) is 5.88 Å². The number of rotatable bonds is 3. The van der Waals surface area contributed by atoms with E-state index in [1.165, 1.54) is 32.4 Å². The fourth-order valence-corrected chi connectivity index (χ4v) is 1.59. The first-order chi connectivity index (χ1) is 9.04. The Morgan fingerprint density at radius 3 is 2.63 bits per heavy atom. The maximum absolute atomic E-state index is 12.0. The largest absolute Gasteiger partial charge is 0.481 e. The zero-order valence-electron chi connectivity index (χ0n) is 10.3. The van der Waals surface area contributed by atoms with E-state index >= 15 is 0 Å². The molecule has 0 spiro atoms. The standard InChI is InChI=1S/C12H11N3O4/c1-7(16)9-6-14-12(18)15(11(9)17)8-3-4-10(19-2)13-5-8/h3-6H,1-2H3,(H,14,18). The van der Waals surface area contributed by atoms with Crippen LogP contribution in [0.5, 0.6) is 5.88 Å². The second-order valence-electron chi connectivity index (χ2n) is 3.76. The lowest BCUT2D eigenvalue weighted by molar-refractivity contribution is 0.101. The summed E-state index contributed by atoms with van der Waals surface area (Å²) < 4.78 is 5.74. The summed E-state index contributed by atoms with van der Waals surface area (Å²) in [7, 11) is 1.46. The van der Waals surface area contributed by atoms with Gasteiger partial charge in [-0.05, 0) is 13.0 Å². The van der Waals surface area contributed by atoms with Crippen LogP contribution in [0.2, 0.25) is 0 Å². The molecule has 2 aromatic heterocycles. The number of pyridine rings is 1. The third-order valence-corrected chi connectivity index (χ3v) is 2.54. The Labute approximate surface area is 107 Å². The van der Waals surface area contributed by atoms with Gasteiger partial charge in [-0.2, -0.15) is 0 Å². The smallest absolute Gasteiger partial charge is 0.333 e. The zero-order valence-corrected chi connectivity index (χ0v) is 10.3. The van der Waals surface area contributed by atoms with Gasteiger partial charge in [-0.15, -0.1) is 0 Å². The normalized spacial score (nSPS) is 10.2. The molecule has 0 atom stereocenters. The van der Waals surface area contributed by atoms with Gasteiger partial charge in [-0.3, -0.25) is 9.59 Å². The SMILES string of the molecule is COc1ccc(-n2c(=O)[nH]cc(C(C)=O)c2=O)cn1. The molecule has 7 heteroatoms. The van der Waals surface area contributed by atoms with Crippen LogP contribution in [0.25, 0.3) is 5.69 Å². The third-order valence-electron chi connectivity index (χ3n) is 2.54. The number of nitrogens with one attached hydrogen (secondary N) is 1. The number of methoxy groups -OCH3 is 1. The molecule has 19 heavy (non-hydrogen) atoms. The number of hydrogen-bond donors (Lipinski definition) is 1. The topological polar surface area (TPSA) is 94.0 Å². The molecule has 0 bridgehead atoms. The summed E-state index contributed by atoms with van der Waals surface area (Å²) in [5.74, 6) is -0.0626. The Kier molecular flexibility index (Phi) is 3.28. The highest BCUT2D eigenvalue weighted by Crippen LogP contribution is 2.08. The highest BCUT2D eigenvalue weighted by Gasteiger charge is 2.12. The molecule has 0 aliphatic heterocycles. The average Bonchev–Trinajstić information content (AvgIpc) is 2.39. The van der Waals surface area contributed by atoms with Crippen molar-refractivity contribution in [2.75, 3.05) is 7.11 Å². The van der Waals surface area contributed by atoms with Crippen LogP contribution in [0.4, 0.5) is 0 Å². The number of hydrogen-bond acceptors (Lipinski definition) is 5. The molecule has 2 heterocycles. The molecular weight excluding hydrogens is 250 g/mol. The Hall–Kier alpha value is -2.70. The number of H-pyrrole nitrogens is 1. The predicted octanol–water partition coefficient (Wildman–Crippen LogP) is 0.132. The molecule has 0 amide bonds. The second-order valence-corrected chi connectivity index (χ2v) is 3.76. The van der Waals surface area contributed by atoms with Crippen molar-refractivity contribution in [2.45, 2.75) is 6.92 Å². The molecule has 0 saturated carbocycles. The first-order valence-corrected chi connectivity index (χ1v) is 5.40. The second kappa shape index (κ2) is 4.89. The van der Waals surface area contributed by atoms with E-state index in [4.69, 9.17) is 4.74 Å². The van der Waals surface area contributed by atoms with Crippen molar-refractivity contribution in [1.82, 2.24) is 14.5 Å². The van der Waals surface area contributed by atoms with Gasteiger partial charge in [-0.25, -0.2) is 14.3 Å². The van der Waals surface area contributed by atoms with Crippen molar-refractivity contribution in [1.29, 1.82) is 0 Å². The molecule has 0 radical (unpaired) electrons. The van der Waals surface area contributed by atoms with Crippen molar-refractivity contribution in [3.8, 4) is 11.6 Å². The summed E-state index contributed by atoms with van der Waals surface area (Å²) in [6.45, 7) is 1.26. The minimum Gasteiger partial charge on any atom is -0.481 e. The zero-order chi connectivity index (χ0) is 14.0. The lowest BCUT2D eigenvalue weighted by Crippen LogP contribution is -2.36. The Morgan fingerprint density at radius 1 is 1.37 bits per heavy atom. The molecule has 0 saturated heterocycles. The number of Topliss-reactive ketones (excluding diaryl/α,β-unsaturated/α-hetero) is 1. The first kappa shape index (κ1) is 12.7. The summed E-state index contributed by atoms with van der Waals surface area (Å²) >= 11 is 0. The quantitative estimate of drug-likeness (QED) is 0.793. The molecule has 0 fully saturated rings. The highest BCUT2D eigenvalue weighted by atomic mass is 16.5. The molecule has 0 unspecified atom stereocenters. The molecule has 7 nitrogen and oxygen atoms in total. The van der Waals surface area contributed by atoms with E-state index in [1.54, 1.807) is 0 Å². The monoisotopic (exact) mass is 261 g/mol. The van der Waals surface area contributed by atoms with Crippen LogP contribution in [0.15, 0.2) is 34.1 Å². The van der Waals surface area contributed by atoms with Gasteiger partial charge in [0.25, 0.3) is 5.56 Å². The summed E-state index contributed by atoms with van der Waals surface area (Å²) in [5.41, 5.74) is -1.14. The van der Waals surface area contributed by atoms with Crippen molar-refractivity contribution < 1.29 is 9.53 Å². The first-order valence-electron chi connectivity index (χ1n) is 5.40. The fourth-order valence-electron chi connectivity index (χ4n) is 1.59. The molecule has 2 rings (SSSR count). The van der Waals surface area contributed by atoms with Gasteiger partial charge in [0.1, 0.15) is 0 Å². The number of ketones is 1. The van der Waals surface area contributed by atoms with Gasteiger partial charge in [0, 0.05) is 12.3 Å². The Balaban J connectivity index is 2.67. The summed E-state index contributed by atoms with van der Waals surface area (Å²) in [5, 5.41) is 0. The number of carbonyl (C=O) groups excluding carboxylic acids is 1. The van der Waals surface area contributed by atoms with Crippen molar-refractivity contribution >= 4 is 5.78 Å². The fraction of sp³-hybridized carbons (Fsp3) is 0.167. The summed E-state index contributed by atoms with van der Waals surface area (Å²) in [6, 6.07) is 3.02. The van der Waals surface area contributed by atoms with E-state index in [9.17, 15) is 14.4 Å². The van der Waals surface area contributed by atoms with Gasteiger partial charge in [0.05, 0.1) is 24.6 Å². The number of aromatic amines is 1. The number of ether oxygens (including phenoxy) is 1. The maximum Gasteiger partial charge on any atom is 0.333 e. The lowest BCUT2D eigenvalue weighted by Gasteiger charge is -2.06. The maximum atomic E-state index is 12.0. The lowest BCUT2D eigenvalue weighted by atomic mass is 10.2. The van der Waals surface area contributed by atoms with Gasteiger partial charge in [-0.1, -0.05) is 0 Å². The number of aromatic nitrogens is 3. The van der Waals surface area contributed by atoms with Crippen LogP contribution < -0.4 is 16.0 Å². The summed E-state index contributed by atoms with van der Waals surface area (Å²) in [6.07, 6.45) is 2.43. The van der Waals surface area contributed by atoms with Crippen LogP contribution in [0.3, 0.4) is 0 Å². The van der Waals surface area contributed by atoms with E-state index in [2.05, 4.69) is 9.97 Å². The van der Waals surface area contributed by atoms with Crippen LogP contribution in [-0.2, 0) is 0 Å². The van der Waals surface area contributed by atoms with Crippen LogP contribution >= 0.6 is 0 Å². The molecule has 0 aliphatic rings. The predicted molar refractivity (Wildman–Crippen MR) is 67.0 cm³/mol. The van der Waals surface area contributed by atoms with Crippen LogP contribution in [-0.4, -0.2) is 27.4 Å². The molecule has 0 aromatic carbocycles. The highest BCUT2D eigenvalue weighted by molar-refractivity contribution is 5.93. The van der Waals surface area contributed by atoms with Crippen LogP contribution in [0.1, 0.15) is 17.3 Å². The minimum absolute atomic E-state index is 0.0876. The Bertz CT molecular complexity index is 728. The van der Waals surface area contributed by atoms with Gasteiger partial charge in [0.15, 0.2) is 5.78 Å². The summed E-state index contributed by atoms with van der Waals surface area (Å²) in [4.78, 5) is 41.3. The van der Waals surface area contributed by atoms with E-state index in [0.717, 1.165) is 10.8 Å². The molecule has 0 aliphatic carbocycles. The van der Waals surface area contributed by atoms with Gasteiger partial charge in [0.2, 0.25) is 5.88 Å². The van der Waals surface area contributed by atoms with E-state index in [1.807, 2.05) is 0 Å². The van der Waals surface area contributed by atoms with Crippen molar-refractivity contribution in [3.63, 3.8) is 0 Å². The molecule has 98 valence electrons. The number of carbonyl (C=O) groups is 1. The minimum atomic E-state index is -0.678. The molecule has 2 aromatic rings. The molecular formula is C12H11N3O4. The molecule has 1 N–H and O–H groups in total. The van der Waals surface area contributed by atoms with Crippen molar-refractivity contribution in [3.05, 3.63) is 50.9 Å². The average molecular weight is 261 g/mol. The third kappa shape index (κ3) is 2.30. The van der Waals surface area contributed by atoms with Crippen LogP contribution in [0, 0.1) is 0 Å². The van der Waals surface area contributed by atoms with Gasteiger partial charge >= 0.3 is 5.69 Å². The van der Waals surface area contributed by atoms with E-state index in [-0.39, 0.29) is 11.3 Å². The number of nitrogens with zero attached hydrogens (tertiary/aromatic N) is 2. The van der Waals surface area contributed by atoms with Gasteiger partial charge < -0.3 is 9.72 Å². The van der Waals surface area contributed by atoms with E-state index < -0.39 is 17.0 Å². The van der Waals surface area contributed by atoms with Crippen molar-refractivity contribution in [2.24, 2.45) is 0 Å². The Morgan fingerprint density at radius 2 is 2.11 bits per heavy atom.